The predicted molar refractivity (Wildman–Crippen MR) is 256 cm³/mol. The minimum Gasteiger partial charge on any atom is -0.478 e. The van der Waals surface area contributed by atoms with Crippen LogP contribution in [-0.4, -0.2) is 59.9 Å². The van der Waals surface area contributed by atoms with Crippen LogP contribution in [0.15, 0.2) is 133 Å². The van der Waals surface area contributed by atoms with Crippen molar-refractivity contribution in [3.05, 3.63) is 178 Å². The molecule has 0 fully saturated rings. The van der Waals surface area contributed by atoms with Gasteiger partial charge in [0.15, 0.2) is 5.78 Å². The number of hydrogen-bond donors (Lipinski definition) is 4. The number of aromatic carboxylic acids is 1. The zero-order valence-corrected chi connectivity index (χ0v) is 38.4. The number of carbonyl (C=O) groups is 4. The minimum atomic E-state index is -4.43. The summed E-state index contributed by atoms with van der Waals surface area (Å²) in [5.41, 5.74) is 12.3. The van der Waals surface area contributed by atoms with Gasteiger partial charge in [-0.25, -0.2) is 4.79 Å². The summed E-state index contributed by atoms with van der Waals surface area (Å²) in [4.78, 5) is 50.4. The summed E-state index contributed by atoms with van der Waals surface area (Å²) in [7, 11) is 0. The summed E-state index contributed by atoms with van der Waals surface area (Å²) >= 11 is 0. The zero-order valence-electron chi connectivity index (χ0n) is 38.4. The van der Waals surface area contributed by atoms with Gasteiger partial charge in [0.1, 0.15) is 6.61 Å². The van der Waals surface area contributed by atoms with Crippen LogP contribution in [0.1, 0.15) is 86.8 Å². The molecular formula is C54H52F6N4O6. The molecule has 16 heteroatoms. The van der Waals surface area contributed by atoms with Gasteiger partial charge in [-0.1, -0.05) is 79.7 Å². The number of nitrogens with two attached hydrogens (primary N) is 1. The number of benzene rings is 6. The lowest BCUT2D eigenvalue weighted by Crippen LogP contribution is -2.37. The molecular weight excluding hydrogens is 915 g/mol. The van der Waals surface area contributed by atoms with Crippen molar-refractivity contribution in [2.24, 2.45) is 0 Å². The van der Waals surface area contributed by atoms with Gasteiger partial charge in [-0.2, -0.15) is 26.3 Å². The number of ketones is 1. The number of alkyl halides is 6. The molecule has 2 aliphatic heterocycles. The number of carbonyl (C=O) groups excluding carboxylic acids is 3. The van der Waals surface area contributed by atoms with Crippen LogP contribution in [0.3, 0.4) is 0 Å². The van der Waals surface area contributed by atoms with E-state index in [9.17, 15) is 45.5 Å². The molecule has 10 nitrogen and oxygen atoms in total. The number of nitrogens with one attached hydrogen (secondary N) is 2. The molecule has 5 N–H and O–H groups in total. The Balaban J connectivity index is 0.000000192. The highest BCUT2D eigenvalue weighted by molar-refractivity contribution is 6.08. The number of carboxylic acids is 1. The van der Waals surface area contributed by atoms with Gasteiger partial charge in [0.05, 0.1) is 22.7 Å². The SMILES string of the molecule is CCCC(=O)N1CCc2cc(N)ccc2C1.CCOCC(=O)C1NCCc2cc(NC(=O)c3ccccc3-c3ccc(C(F)(F)F)cc3)ccc21.O=C(O)c1ccccc1-c1ccc(C(F)(F)F)cc1. The number of hydrogen-bond acceptors (Lipinski definition) is 7. The van der Waals surface area contributed by atoms with E-state index in [-0.39, 0.29) is 29.8 Å². The van der Waals surface area contributed by atoms with Gasteiger partial charge >= 0.3 is 18.3 Å². The Kier molecular flexibility index (Phi) is 17.4. The quantitative estimate of drug-likeness (QED) is 0.0740. The van der Waals surface area contributed by atoms with Crippen LogP contribution in [0.25, 0.3) is 22.3 Å². The first-order chi connectivity index (χ1) is 33.4. The molecule has 6 aromatic rings. The van der Waals surface area contributed by atoms with Crippen molar-refractivity contribution in [2.45, 2.75) is 64.5 Å². The van der Waals surface area contributed by atoms with Crippen molar-refractivity contribution in [3.63, 3.8) is 0 Å². The highest BCUT2D eigenvalue weighted by Gasteiger charge is 2.31. The first-order valence-electron chi connectivity index (χ1n) is 22.6. The molecule has 0 saturated carbocycles. The number of ether oxygens (including phenoxy) is 1. The molecule has 366 valence electrons. The Morgan fingerprint density at radius 3 is 1.87 bits per heavy atom. The normalized spacial score (nSPS) is 14.1. The fraction of sp³-hybridized carbons (Fsp3) is 0.259. The van der Waals surface area contributed by atoms with E-state index in [0.29, 0.717) is 59.5 Å². The van der Waals surface area contributed by atoms with Crippen molar-refractivity contribution >= 4 is 34.9 Å². The number of anilines is 2. The van der Waals surface area contributed by atoms with E-state index in [1.165, 1.54) is 41.5 Å². The Morgan fingerprint density at radius 1 is 0.714 bits per heavy atom. The molecule has 1 unspecified atom stereocenters. The van der Waals surface area contributed by atoms with Gasteiger partial charge < -0.3 is 31.1 Å². The van der Waals surface area contributed by atoms with Crippen LogP contribution < -0.4 is 16.4 Å². The lowest BCUT2D eigenvalue weighted by atomic mass is 9.91. The lowest BCUT2D eigenvalue weighted by Gasteiger charge is -2.29. The second kappa shape index (κ2) is 23.3. The summed E-state index contributed by atoms with van der Waals surface area (Å²) < 4.78 is 81.3. The summed E-state index contributed by atoms with van der Waals surface area (Å²) in [6.07, 6.45) is -5.61. The largest absolute Gasteiger partial charge is 0.478 e. The predicted octanol–water partition coefficient (Wildman–Crippen LogP) is 11.4. The average Bonchev–Trinajstić information content (AvgIpc) is 3.35. The van der Waals surface area contributed by atoms with Crippen molar-refractivity contribution in [1.29, 1.82) is 0 Å². The van der Waals surface area contributed by atoms with Crippen LogP contribution in [0.2, 0.25) is 0 Å². The monoisotopic (exact) mass is 966 g/mol. The number of nitrogens with zero attached hydrogens (tertiary/aromatic N) is 1. The molecule has 1 atom stereocenters. The number of rotatable bonds is 11. The third kappa shape index (κ3) is 13.5. The maximum Gasteiger partial charge on any atom is 0.416 e. The minimum absolute atomic E-state index is 0.0346. The standard InChI is InChI=1S/C27H25F3N2O3.C14H9F3O2.C13H18N2O/c1-2-35-16-24(33)25-22-12-11-20(15-18(22)13-14-31-25)32-26(34)23-6-4-3-5-21(23)17-7-9-19(10-8-17)27(28,29)30;15-14(16,17)10-7-5-9(6-8-10)11-3-1-2-4-12(11)13(18)19;1-2-3-13(16)15-7-6-10-8-12(14)5-4-11(10)9-15/h3-12,15,25,31H,2,13-14,16H2,1H3,(H,32,34);1-8H,(H,18,19);4-5,8H,2-3,6-7,9,14H2,1H3. The summed E-state index contributed by atoms with van der Waals surface area (Å²) in [6.45, 7) is 6.57. The Morgan fingerprint density at radius 2 is 1.30 bits per heavy atom. The van der Waals surface area contributed by atoms with Gasteiger partial charge in [-0.3, -0.25) is 14.4 Å². The number of Topliss-reactive ketones (excluding diaryl/α,β-unsaturated/α-hetero) is 1. The Hall–Kier alpha value is -7.30. The van der Waals surface area contributed by atoms with Crippen LogP contribution >= 0.6 is 0 Å². The van der Waals surface area contributed by atoms with Crippen molar-refractivity contribution < 1.29 is 55.4 Å². The maximum atomic E-state index is 13.1. The molecule has 0 aromatic heterocycles. The van der Waals surface area contributed by atoms with E-state index in [0.717, 1.165) is 67.0 Å². The van der Waals surface area contributed by atoms with Crippen LogP contribution in [-0.2, 0) is 46.1 Å². The molecule has 0 bridgehead atoms. The number of carboxylic acid groups (broad SMARTS) is 1. The lowest BCUT2D eigenvalue weighted by molar-refractivity contribution is -0.138. The van der Waals surface area contributed by atoms with E-state index < -0.39 is 35.5 Å². The molecule has 70 heavy (non-hydrogen) atoms. The summed E-state index contributed by atoms with van der Waals surface area (Å²) in [5, 5.41) is 15.1. The van der Waals surface area contributed by atoms with Crippen molar-refractivity contribution in [2.75, 3.05) is 37.4 Å². The van der Waals surface area contributed by atoms with E-state index in [1.807, 2.05) is 49.1 Å². The molecule has 0 radical (unpaired) electrons. The fourth-order valence-corrected chi connectivity index (χ4v) is 8.10. The first-order valence-corrected chi connectivity index (χ1v) is 22.6. The molecule has 0 spiro atoms. The van der Waals surface area contributed by atoms with E-state index in [2.05, 4.69) is 10.6 Å². The third-order valence-electron chi connectivity index (χ3n) is 11.7. The summed E-state index contributed by atoms with van der Waals surface area (Å²) in [6, 6.07) is 33.0. The van der Waals surface area contributed by atoms with Gasteiger partial charge in [-0.15, -0.1) is 0 Å². The molecule has 2 amide bonds. The van der Waals surface area contributed by atoms with E-state index >= 15 is 0 Å². The topological polar surface area (TPSA) is 151 Å². The van der Waals surface area contributed by atoms with Gasteiger partial charge in [0.25, 0.3) is 5.91 Å². The molecule has 6 aromatic carbocycles. The maximum absolute atomic E-state index is 13.1. The van der Waals surface area contributed by atoms with Crippen LogP contribution in [0.4, 0.5) is 37.7 Å². The average molecular weight is 967 g/mol. The smallest absolute Gasteiger partial charge is 0.416 e. The number of amides is 2. The second-order valence-electron chi connectivity index (χ2n) is 16.5. The molecule has 0 saturated heterocycles. The molecule has 2 heterocycles. The number of halogens is 6. The molecule has 2 aliphatic rings. The van der Waals surface area contributed by atoms with Gasteiger partial charge in [0.2, 0.25) is 5.91 Å². The van der Waals surface area contributed by atoms with Crippen molar-refractivity contribution in [3.8, 4) is 22.3 Å². The zero-order chi connectivity index (χ0) is 50.6. The Bertz CT molecular complexity index is 2800. The second-order valence-corrected chi connectivity index (χ2v) is 16.5. The van der Waals surface area contributed by atoms with E-state index in [4.69, 9.17) is 15.6 Å². The van der Waals surface area contributed by atoms with Gasteiger partial charge in [-0.05, 0) is 131 Å². The highest BCUT2D eigenvalue weighted by atomic mass is 19.4. The van der Waals surface area contributed by atoms with Crippen LogP contribution in [0, 0.1) is 0 Å². The molecule has 8 rings (SSSR count). The van der Waals surface area contributed by atoms with Crippen molar-refractivity contribution in [1.82, 2.24) is 10.2 Å². The van der Waals surface area contributed by atoms with Crippen LogP contribution in [0.5, 0.6) is 0 Å². The molecule has 0 aliphatic carbocycles. The first kappa shape index (κ1) is 52.1. The van der Waals surface area contributed by atoms with Gasteiger partial charge in [0, 0.05) is 49.6 Å². The third-order valence-corrected chi connectivity index (χ3v) is 11.7. The summed E-state index contributed by atoms with van der Waals surface area (Å²) in [5.74, 6) is -1.27. The Labute approximate surface area is 401 Å². The number of fused-ring (bicyclic) bond motifs is 2. The van der Waals surface area contributed by atoms with E-state index in [1.54, 1.807) is 48.5 Å². The fourth-order valence-electron chi connectivity index (χ4n) is 8.10. The number of nitrogen functional groups attached to an aromatic ring is 1. The highest BCUT2D eigenvalue weighted by Crippen LogP contribution is 2.34.